The van der Waals surface area contributed by atoms with Crippen LogP contribution in [0.4, 0.5) is 0 Å². The summed E-state index contributed by atoms with van der Waals surface area (Å²) in [5.41, 5.74) is 0. The standard InChI is InChI=1S/C13H22ClN3O2S/c1-2-12-15-10-13(16-12)20(18,19)17(9-8-14)11-6-4-3-5-7-11/h10-11H,2-9H2,1H3,(H,15,16). The van der Waals surface area contributed by atoms with Crippen molar-refractivity contribution < 1.29 is 8.42 Å². The number of nitrogens with one attached hydrogen (secondary N) is 1. The fourth-order valence-corrected chi connectivity index (χ4v) is 4.63. The molecule has 5 nitrogen and oxygen atoms in total. The van der Waals surface area contributed by atoms with Gasteiger partial charge >= 0.3 is 0 Å². The summed E-state index contributed by atoms with van der Waals surface area (Å²) in [7, 11) is -3.52. The van der Waals surface area contributed by atoms with Gasteiger partial charge in [-0.3, -0.25) is 0 Å². The second-order valence-corrected chi connectivity index (χ2v) is 7.38. The highest BCUT2D eigenvalue weighted by Crippen LogP contribution is 2.27. The predicted molar refractivity (Wildman–Crippen MR) is 79.5 cm³/mol. The van der Waals surface area contributed by atoms with Crippen LogP contribution in [0.15, 0.2) is 11.2 Å². The first kappa shape index (κ1) is 15.8. The molecular weight excluding hydrogens is 298 g/mol. The lowest BCUT2D eigenvalue weighted by Crippen LogP contribution is -2.42. The van der Waals surface area contributed by atoms with E-state index in [1.165, 1.54) is 12.6 Å². The number of rotatable bonds is 6. The first-order chi connectivity index (χ1) is 9.59. The van der Waals surface area contributed by atoms with Crippen LogP contribution < -0.4 is 0 Å². The number of aromatic amines is 1. The lowest BCUT2D eigenvalue weighted by atomic mass is 9.95. The molecule has 114 valence electrons. The second-order valence-electron chi connectivity index (χ2n) is 5.14. The van der Waals surface area contributed by atoms with Crippen LogP contribution in [0.3, 0.4) is 0 Å². The Morgan fingerprint density at radius 3 is 2.65 bits per heavy atom. The lowest BCUT2D eigenvalue weighted by Gasteiger charge is -2.32. The van der Waals surface area contributed by atoms with E-state index >= 15 is 0 Å². The summed E-state index contributed by atoms with van der Waals surface area (Å²) in [5, 5.41) is 0.185. The van der Waals surface area contributed by atoms with E-state index in [2.05, 4.69) is 9.97 Å². The van der Waals surface area contributed by atoms with Crippen LogP contribution in [0.2, 0.25) is 0 Å². The molecule has 0 radical (unpaired) electrons. The lowest BCUT2D eigenvalue weighted by molar-refractivity contribution is 0.261. The van der Waals surface area contributed by atoms with Crippen LogP contribution in [0.5, 0.6) is 0 Å². The zero-order chi connectivity index (χ0) is 14.6. The molecule has 0 bridgehead atoms. The van der Waals surface area contributed by atoms with Crippen LogP contribution in [-0.4, -0.2) is 41.2 Å². The Bertz CT molecular complexity index is 523. The van der Waals surface area contributed by atoms with Crippen LogP contribution in [0.1, 0.15) is 44.9 Å². The summed E-state index contributed by atoms with van der Waals surface area (Å²) < 4.78 is 27.1. The van der Waals surface area contributed by atoms with E-state index in [0.717, 1.165) is 25.7 Å². The molecule has 1 aliphatic carbocycles. The maximum atomic E-state index is 12.7. The molecule has 7 heteroatoms. The summed E-state index contributed by atoms with van der Waals surface area (Å²) in [4.78, 5) is 6.99. The average molecular weight is 320 g/mol. The highest BCUT2D eigenvalue weighted by molar-refractivity contribution is 7.89. The van der Waals surface area contributed by atoms with Gasteiger partial charge in [0.1, 0.15) is 5.82 Å². The number of aryl methyl sites for hydroxylation is 1. The molecule has 0 aromatic carbocycles. The van der Waals surface area contributed by atoms with E-state index in [0.29, 0.717) is 24.7 Å². The van der Waals surface area contributed by atoms with E-state index < -0.39 is 10.0 Å². The molecule has 1 heterocycles. The van der Waals surface area contributed by atoms with Crippen molar-refractivity contribution in [1.29, 1.82) is 0 Å². The molecule has 1 fully saturated rings. The van der Waals surface area contributed by atoms with E-state index in [4.69, 9.17) is 11.6 Å². The molecule has 1 aromatic rings. The first-order valence-electron chi connectivity index (χ1n) is 7.21. The normalized spacial score (nSPS) is 17.8. The number of halogens is 1. The Morgan fingerprint density at radius 2 is 2.10 bits per heavy atom. The molecule has 1 N–H and O–H groups in total. The molecule has 0 unspecified atom stereocenters. The summed E-state index contributed by atoms with van der Waals surface area (Å²) in [6.07, 6.45) is 7.31. The van der Waals surface area contributed by atoms with Crippen molar-refractivity contribution in [2.45, 2.75) is 56.5 Å². The number of alkyl halides is 1. The molecule has 1 saturated carbocycles. The maximum absolute atomic E-state index is 12.7. The van der Waals surface area contributed by atoms with Crippen molar-refractivity contribution in [3.63, 3.8) is 0 Å². The summed E-state index contributed by atoms with van der Waals surface area (Å²) >= 11 is 5.81. The Hall–Kier alpha value is -0.590. The first-order valence-corrected chi connectivity index (χ1v) is 9.18. The number of hydrogen-bond acceptors (Lipinski definition) is 3. The van der Waals surface area contributed by atoms with Crippen molar-refractivity contribution >= 4 is 21.6 Å². The zero-order valence-electron chi connectivity index (χ0n) is 11.8. The minimum absolute atomic E-state index is 0.0703. The number of aromatic nitrogens is 2. The third-order valence-electron chi connectivity index (χ3n) is 3.81. The second kappa shape index (κ2) is 6.91. The summed E-state index contributed by atoms with van der Waals surface area (Å²) in [6, 6.07) is 0.0703. The van der Waals surface area contributed by atoms with Crippen LogP contribution in [0, 0.1) is 0 Å². The summed E-state index contributed by atoms with van der Waals surface area (Å²) in [6.45, 7) is 2.29. The predicted octanol–water partition coefficient (Wildman–Crippen LogP) is 2.53. The van der Waals surface area contributed by atoms with Gasteiger partial charge in [-0.2, -0.15) is 4.31 Å². The van der Waals surface area contributed by atoms with Gasteiger partial charge < -0.3 is 4.98 Å². The van der Waals surface area contributed by atoms with Gasteiger partial charge in [-0.15, -0.1) is 11.6 Å². The maximum Gasteiger partial charge on any atom is 0.260 e. The minimum Gasteiger partial charge on any atom is -0.332 e. The number of imidazole rings is 1. The fourth-order valence-electron chi connectivity index (χ4n) is 2.73. The smallest absolute Gasteiger partial charge is 0.260 e. The van der Waals surface area contributed by atoms with Crippen molar-refractivity contribution in [2.75, 3.05) is 12.4 Å². The van der Waals surface area contributed by atoms with Crippen LogP contribution >= 0.6 is 11.6 Å². The van der Waals surface area contributed by atoms with Crippen molar-refractivity contribution in [2.24, 2.45) is 0 Å². The largest absolute Gasteiger partial charge is 0.332 e. The minimum atomic E-state index is -3.52. The average Bonchev–Trinajstić information content (AvgIpc) is 2.95. The molecule has 0 aliphatic heterocycles. The molecule has 20 heavy (non-hydrogen) atoms. The van der Waals surface area contributed by atoms with E-state index in [9.17, 15) is 8.42 Å². The Morgan fingerprint density at radius 1 is 1.40 bits per heavy atom. The fraction of sp³-hybridized carbons (Fsp3) is 0.769. The van der Waals surface area contributed by atoms with Gasteiger partial charge in [0, 0.05) is 24.9 Å². The molecule has 0 spiro atoms. The third kappa shape index (κ3) is 3.35. The third-order valence-corrected chi connectivity index (χ3v) is 5.84. The van der Waals surface area contributed by atoms with E-state index in [1.54, 1.807) is 4.31 Å². The quantitative estimate of drug-likeness (QED) is 0.819. The Labute approximate surface area is 125 Å². The van der Waals surface area contributed by atoms with Crippen molar-refractivity contribution in [3.8, 4) is 0 Å². The highest BCUT2D eigenvalue weighted by atomic mass is 35.5. The van der Waals surface area contributed by atoms with Gasteiger partial charge in [0.25, 0.3) is 10.0 Å². The highest BCUT2D eigenvalue weighted by Gasteiger charge is 2.33. The Kier molecular flexibility index (Phi) is 5.46. The number of H-pyrrole nitrogens is 1. The molecule has 0 atom stereocenters. The summed E-state index contributed by atoms with van der Waals surface area (Å²) in [5.74, 6) is 1.00. The van der Waals surface area contributed by atoms with E-state index in [-0.39, 0.29) is 11.1 Å². The van der Waals surface area contributed by atoms with Gasteiger partial charge in [-0.05, 0) is 12.8 Å². The number of sulfonamides is 1. The van der Waals surface area contributed by atoms with Crippen molar-refractivity contribution in [3.05, 3.63) is 12.0 Å². The topological polar surface area (TPSA) is 66.1 Å². The SMILES string of the molecule is CCc1ncc(S(=O)(=O)N(CCCl)C2CCCCC2)[nH]1. The molecular formula is C13H22ClN3O2S. The molecule has 1 aromatic heterocycles. The Balaban J connectivity index is 2.26. The molecule has 0 saturated heterocycles. The van der Waals surface area contributed by atoms with Gasteiger partial charge in [0.2, 0.25) is 0 Å². The molecule has 0 amide bonds. The molecule has 2 rings (SSSR count). The molecule has 1 aliphatic rings. The van der Waals surface area contributed by atoms with Gasteiger partial charge in [-0.1, -0.05) is 26.2 Å². The monoisotopic (exact) mass is 319 g/mol. The number of hydrogen-bond donors (Lipinski definition) is 1. The van der Waals surface area contributed by atoms with Gasteiger partial charge in [-0.25, -0.2) is 13.4 Å². The number of nitrogens with zero attached hydrogens (tertiary/aromatic N) is 2. The van der Waals surface area contributed by atoms with Gasteiger partial charge in [0.15, 0.2) is 5.03 Å². The van der Waals surface area contributed by atoms with E-state index in [1.807, 2.05) is 6.92 Å². The van der Waals surface area contributed by atoms with Crippen molar-refractivity contribution in [1.82, 2.24) is 14.3 Å². The van der Waals surface area contributed by atoms with Crippen LogP contribution in [0.25, 0.3) is 0 Å². The zero-order valence-corrected chi connectivity index (χ0v) is 13.4. The van der Waals surface area contributed by atoms with Gasteiger partial charge in [0.05, 0.1) is 6.20 Å². The van der Waals surface area contributed by atoms with Crippen LogP contribution in [-0.2, 0) is 16.4 Å².